The normalized spacial score (nSPS) is 17.6. The van der Waals surface area contributed by atoms with Gasteiger partial charge >= 0.3 is 0 Å². The molecular weight excluding hydrogens is 440 g/mol. The average molecular weight is 469 g/mol. The summed E-state index contributed by atoms with van der Waals surface area (Å²) in [7, 11) is 1.68. The summed E-state index contributed by atoms with van der Waals surface area (Å²) in [5.74, 6) is 0.797. The molecule has 2 aromatic heterocycles. The van der Waals surface area contributed by atoms with Gasteiger partial charge in [-0.2, -0.15) is 0 Å². The van der Waals surface area contributed by atoms with Crippen LogP contribution in [0, 0.1) is 20.8 Å². The van der Waals surface area contributed by atoms with E-state index in [4.69, 9.17) is 17.0 Å². The lowest BCUT2D eigenvalue weighted by Crippen LogP contribution is -2.29. The highest BCUT2D eigenvalue weighted by Crippen LogP contribution is 2.44. The first kappa shape index (κ1) is 22.2. The molecule has 0 radical (unpaired) electrons. The molecule has 1 aliphatic heterocycles. The van der Waals surface area contributed by atoms with Crippen molar-refractivity contribution >= 4 is 23.0 Å². The summed E-state index contributed by atoms with van der Waals surface area (Å²) in [4.78, 5) is 6.88. The van der Waals surface area contributed by atoms with Gasteiger partial charge in [0.25, 0.3) is 0 Å². The summed E-state index contributed by atoms with van der Waals surface area (Å²) in [6, 6.07) is 24.8. The van der Waals surface area contributed by atoms with Gasteiger partial charge in [0.15, 0.2) is 5.11 Å². The predicted molar refractivity (Wildman–Crippen MR) is 141 cm³/mol. The fourth-order valence-electron chi connectivity index (χ4n) is 4.96. The number of hydrogen-bond donors (Lipinski definition) is 1. The number of hydrogen-bond acceptors (Lipinski definition) is 3. The number of ether oxygens (including phenoxy) is 1. The van der Waals surface area contributed by atoms with E-state index >= 15 is 0 Å². The molecule has 1 aliphatic rings. The van der Waals surface area contributed by atoms with E-state index in [0.29, 0.717) is 5.11 Å². The van der Waals surface area contributed by atoms with Crippen molar-refractivity contribution in [3.63, 3.8) is 0 Å². The first-order chi connectivity index (χ1) is 16.5. The van der Waals surface area contributed by atoms with Crippen LogP contribution in [0.15, 0.2) is 79.0 Å². The minimum atomic E-state index is -0.0913. The Hall–Kier alpha value is -3.64. The zero-order chi connectivity index (χ0) is 23.8. The van der Waals surface area contributed by atoms with Crippen molar-refractivity contribution in [3.05, 3.63) is 107 Å². The minimum absolute atomic E-state index is 0.0701. The topological polar surface area (TPSA) is 42.3 Å². The van der Waals surface area contributed by atoms with Crippen LogP contribution >= 0.6 is 12.2 Å². The fraction of sp³-hybridized carbons (Fsp3) is 0.214. The molecule has 6 heteroatoms. The van der Waals surface area contributed by atoms with Crippen LogP contribution in [0.1, 0.15) is 40.3 Å². The maximum absolute atomic E-state index is 5.89. The first-order valence-corrected chi connectivity index (χ1v) is 11.8. The molecule has 0 unspecified atom stereocenters. The van der Waals surface area contributed by atoms with Crippen LogP contribution < -0.4 is 15.0 Å². The number of methoxy groups -OCH3 is 1. The van der Waals surface area contributed by atoms with E-state index in [1.807, 2.05) is 36.5 Å². The van der Waals surface area contributed by atoms with Gasteiger partial charge in [-0.15, -0.1) is 0 Å². The average Bonchev–Trinajstić information content (AvgIpc) is 3.34. The van der Waals surface area contributed by atoms with Gasteiger partial charge < -0.3 is 19.5 Å². The van der Waals surface area contributed by atoms with E-state index in [1.165, 1.54) is 22.5 Å². The molecule has 1 fully saturated rings. The zero-order valence-corrected chi connectivity index (χ0v) is 20.6. The highest BCUT2D eigenvalue weighted by molar-refractivity contribution is 7.80. The maximum atomic E-state index is 5.89. The van der Waals surface area contributed by atoms with Crippen LogP contribution in [0.3, 0.4) is 0 Å². The summed E-state index contributed by atoms with van der Waals surface area (Å²) >= 11 is 5.89. The molecule has 4 aromatic rings. The standard InChI is InChI=1S/C28H28N4OS/c1-18-9-7-10-21(15-18)31-19(2)16-24(20(31)3)27-26(25-13-5-6-14-29-25)30-28(34)32(27)22-11-8-12-23(17-22)33-4/h5-17,26-27H,1-4H3,(H,30,34)/t26-,27-/m0/s1. The van der Waals surface area contributed by atoms with Crippen LogP contribution in [0.5, 0.6) is 5.75 Å². The smallest absolute Gasteiger partial charge is 0.174 e. The Kier molecular flexibility index (Phi) is 5.84. The van der Waals surface area contributed by atoms with E-state index in [-0.39, 0.29) is 12.1 Å². The zero-order valence-electron chi connectivity index (χ0n) is 19.8. The van der Waals surface area contributed by atoms with Crippen molar-refractivity contribution in [3.8, 4) is 11.4 Å². The van der Waals surface area contributed by atoms with Crippen molar-refractivity contribution in [2.75, 3.05) is 12.0 Å². The fourth-order valence-corrected chi connectivity index (χ4v) is 5.31. The molecule has 1 saturated heterocycles. The number of benzene rings is 2. The Balaban J connectivity index is 1.69. The summed E-state index contributed by atoms with van der Waals surface area (Å²) in [5.41, 5.74) is 7.93. The van der Waals surface area contributed by atoms with Gasteiger partial charge in [-0.25, -0.2) is 0 Å². The van der Waals surface area contributed by atoms with Gasteiger partial charge in [-0.05, 0) is 86.6 Å². The molecule has 172 valence electrons. The number of aromatic nitrogens is 2. The van der Waals surface area contributed by atoms with Gasteiger partial charge in [0.1, 0.15) is 5.75 Å². The third-order valence-corrected chi connectivity index (χ3v) is 6.79. The van der Waals surface area contributed by atoms with Gasteiger partial charge in [-0.1, -0.05) is 24.3 Å². The van der Waals surface area contributed by atoms with Gasteiger partial charge in [-0.3, -0.25) is 4.98 Å². The number of rotatable bonds is 5. The summed E-state index contributed by atoms with van der Waals surface area (Å²) in [5, 5.41) is 4.23. The second-order valence-corrected chi connectivity index (χ2v) is 9.09. The van der Waals surface area contributed by atoms with E-state index in [9.17, 15) is 0 Å². The molecule has 1 N–H and O–H groups in total. The second-order valence-electron chi connectivity index (χ2n) is 8.70. The van der Waals surface area contributed by atoms with E-state index in [2.05, 4.69) is 83.0 Å². The Bertz CT molecular complexity index is 1350. The summed E-state index contributed by atoms with van der Waals surface area (Å²) in [6.07, 6.45) is 1.83. The van der Waals surface area contributed by atoms with Crippen LogP contribution in [-0.4, -0.2) is 21.8 Å². The second kappa shape index (κ2) is 8.95. The van der Waals surface area contributed by atoms with Crippen LogP contribution in [-0.2, 0) is 0 Å². The van der Waals surface area contributed by atoms with Gasteiger partial charge in [0, 0.05) is 35.0 Å². The van der Waals surface area contributed by atoms with Crippen LogP contribution in [0.4, 0.5) is 5.69 Å². The molecule has 34 heavy (non-hydrogen) atoms. The third-order valence-electron chi connectivity index (χ3n) is 6.48. The number of pyridine rings is 1. The molecule has 2 atom stereocenters. The number of aryl methyl sites for hydroxylation is 2. The lowest BCUT2D eigenvalue weighted by molar-refractivity contribution is 0.415. The molecule has 5 rings (SSSR count). The van der Waals surface area contributed by atoms with E-state index < -0.39 is 0 Å². The van der Waals surface area contributed by atoms with Crippen molar-refractivity contribution in [2.24, 2.45) is 0 Å². The van der Waals surface area contributed by atoms with Crippen molar-refractivity contribution in [1.29, 1.82) is 0 Å². The lowest BCUT2D eigenvalue weighted by atomic mass is 9.96. The highest BCUT2D eigenvalue weighted by atomic mass is 32.1. The molecule has 0 amide bonds. The molecule has 2 aromatic carbocycles. The quantitative estimate of drug-likeness (QED) is 0.365. The number of nitrogens with one attached hydrogen (secondary N) is 1. The third kappa shape index (κ3) is 3.84. The Morgan fingerprint density at radius 2 is 1.71 bits per heavy atom. The van der Waals surface area contributed by atoms with Crippen LogP contribution in [0.25, 0.3) is 5.69 Å². The first-order valence-electron chi connectivity index (χ1n) is 11.4. The summed E-state index contributed by atoms with van der Waals surface area (Å²) in [6.45, 7) is 6.47. The van der Waals surface area contributed by atoms with Crippen molar-refractivity contribution in [1.82, 2.24) is 14.9 Å². The molecule has 0 spiro atoms. The van der Waals surface area contributed by atoms with E-state index in [0.717, 1.165) is 22.8 Å². The number of anilines is 1. The molecule has 0 saturated carbocycles. The highest BCUT2D eigenvalue weighted by Gasteiger charge is 2.42. The van der Waals surface area contributed by atoms with E-state index in [1.54, 1.807) is 7.11 Å². The Morgan fingerprint density at radius 1 is 0.912 bits per heavy atom. The largest absolute Gasteiger partial charge is 0.497 e. The predicted octanol–water partition coefficient (Wildman–Crippen LogP) is 5.98. The van der Waals surface area contributed by atoms with Gasteiger partial charge in [0.05, 0.1) is 24.9 Å². The Labute approximate surface area is 206 Å². The monoisotopic (exact) mass is 468 g/mol. The molecule has 0 aliphatic carbocycles. The maximum Gasteiger partial charge on any atom is 0.174 e. The van der Waals surface area contributed by atoms with Gasteiger partial charge in [0.2, 0.25) is 0 Å². The minimum Gasteiger partial charge on any atom is -0.497 e. The van der Waals surface area contributed by atoms with Crippen molar-refractivity contribution in [2.45, 2.75) is 32.9 Å². The molecular formula is C28H28N4OS. The van der Waals surface area contributed by atoms with Crippen LogP contribution in [0.2, 0.25) is 0 Å². The molecule has 5 nitrogen and oxygen atoms in total. The molecule has 0 bridgehead atoms. The SMILES string of the molecule is COc1cccc(N2C(=S)N[C@@H](c3ccccn3)[C@@H]2c2cc(C)n(-c3cccc(C)c3)c2C)c1. The number of thiocarbonyl (C=S) groups is 1. The number of nitrogens with zero attached hydrogens (tertiary/aromatic N) is 3. The lowest BCUT2D eigenvalue weighted by Gasteiger charge is -2.28. The molecule has 3 heterocycles. The Morgan fingerprint density at radius 3 is 2.44 bits per heavy atom. The van der Waals surface area contributed by atoms with Crippen molar-refractivity contribution < 1.29 is 4.74 Å². The summed E-state index contributed by atoms with van der Waals surface area (Å²) < 4.78 is 7.83.